The van der Waals surface area contributed by atoms with E-state index < -0.39 is 23.3 Å². The summed E-state index contributed by atoms with van der Waals surface area (Å²) in [7, 11) is 0. The molecule has 2 N–H and O–H groups in total. The lowest BCUT2D eigenvalue weighted by Gasteiger charge is -2.21. The van der Waals surface area contributed by atoms with Crippen LogP contribution >= 0.6 is 0 Å². The van der Waals surface area contributed by atoms with E-state index in [1.807, 2.05) is 0 Å². The van der Waals surface area contributed by atoms with E-state index in [0.29, 0.717) is 6.42 Å². The molecule has 0 saturated carbocycles. The Hall–Kier alpha value is -1.72. The number of ketones is 2. The number of hydrogen-bond acceptors (Lipinski definition) is 4. The summed E-state index contributed by atoms with van der Waals surface area (Å²) in [6.07, 6.45) is 0.807. The van der Waals surface area contributed by atoms with Crippen molar-refractivity contribution in [1.82, 2.24) is 0 Å². The van der Waals surface area contributed by atoms with Crippen LogP contribution in [0.4, 0.5) is 0 Å². The van der Waals surface area contributed by atoms with Crippen molar-refractivity contribution in [2.45, 2.75) is 53.4 Å². The van der Waals surface area contributed by atoms with Gasteiger partial charge in [-0.05, 0) is 33.1 Å². The van der Waals surface area contributed by atoms with Crippen LogP contribution in [0.25, 0.3) is 0 Å². The maximum atomic E-state index is 11.9. The third kappa shape index (κ3) is 5.65. The number of aliphatic carboxylic acids is 2. The highest BCUT2D eigenvalue weighted by atomic mass is 16.4. The lowest BCUT2D eigenvalue weighted by molar-refractivity contribution is -0.164. The molecule has 2 unspecified atom stereocenters. The summed E-state index contributed by atoms with van der Waals surface area (Å²) in [6, 6.07) is 0. The zero-order valence-electron chi connectivity index (χ0n) is 13.0. The molecule has 0 aromatic heterocycles. The second-order valence-corrected chi connectivity index (χ2v) is 5.90. The standard InChI is InChI=1S/C15H24O6/c1-9(11(3)16)5-6-12(17)10(2)7-8-15(4,13(18)19)14(20)21/h9-10H,5-8H2,1-4H3,(H,18,19)(H,20,21). The predicted molar refractivity (Wildman–Crippen MR) is 75.9 cm³/mol. The second-order valence-electron chi connectivity index (χ2n) is 5.90. The van der Waals surface area contributed by atoms with Crippen molar-refractivity contribution in [3.05, 3.63) is 0 Å². The molecular formula is C15H24O6. The maximum Gasteiger partial charge on any atom is 0.320 e. The summed E-state index contributed by atoms with van der Waals surface area (Å²) in [4.78, 5) is 45.1. The normalized spacial score (nSPS) is 14.3. The highest BCUT2D eigenvalue weighted by Gasteiger charge is 2.41. The fourth-order valence-corrected chi connectivity index (χ4v) is 1.78. The number of carboxylic acids is 2. The monoisotopic (exact) mass is 300 g/mol. The second kappa shape index (κ2) is 7.90. The molecule has 0 aliphatic heterocycles. The molecule has 0 aliphatic carbocycles. The Kier molecular flexibility index (Phi) is 7.26. The Labute approximate surface area is 124 Å². The highest BCUT2D eigenvalue weighted by molar-refractivity contribution is 5.97. The molecule has 0 aromatic rings. The summed E-state index contributed by atoms with van der Waals surface area (Å²) in [6.45, 7) is 6.04. The van der Waals surface area contributed by atoms with Gasteiger partial charge in [-0.25, -0.2) is 0 Å². The van der Waals surface area contributed by atoms with Gasteiger partial charge in [0.25, 0.3) is 0 Å². The van der Waals surface area contributed by atoms with E-state index in [9.17, 15) is 19.2 Å². The predicted octanol–water partition coefficient (Wildman–Crippen LogP) is 2.15. The molecular weight excluding hydrogens is 276 g/mol. The van der Waals surface area contributed by atoms with E-state index in [0.717, 1.165) is 6.92 Å². The molecule has 0 amide bonds. The van der Waals surface area contributed by atoms with Gasteiger partial charge in [0, 0.05) is 18.3 Å². The van der Waals surface area contributed by atoms with Crippen molar-refractivity contribution in [3.8, 4) is 0 Å². The Morgan fingerprint density at radius 2 is 1.43 bits per heavy atom. The van der Waals surface area contributed by atoms with Crippen molar-refractivity contribution in [2.24, 2.45) is 17.3 Å². The number of carboxylic acid groups (broad SMARTS) is 2. The summed E-state index contributed by atoms with van der Waals surface area (Å²) in [5.41, 5.74) is -1.87. The van der Waals surface area contributed by atoms with Crippen molar-refractivity contribution in [2.75, 3.05) is 0 Å². The van der Waals surface area contributed by atoms with Crippen LogP contribution in [-0.4, -0.2) is 33.7 Å². The molecule has 6 heteroatoms. The molecule has 0 radical (unpaired) electrons. The first-order chi connectivity index (χ1) is 9.52. The van der Waals surface area contributed by atoms with Crippen molar-refractivity contribution in [3.63, 3.8) is 0 Å². The number of carbonyl (C=O) groups excluding carboxylic acids is 2. The van der Waals surface area contributed by atoms with Crippen molar-refractivity contribution >= 4 is 23.5 Å². The van der Waals surface area contributed by atoms with Crippen LogP contribution in [0.15, 0.2) is 0 Å². The van der Waals surface area contributed by atoms with E-state index in [4.69, 9.17) is 10.2 Å². The van der Waals surface area contributed by atoms with Crippen molar-refractivity contribution in [1.29, 1.82) is 0 Å². The molecule has 0 spiro atoms. The Morgan fingerprint density at radius 1 is 0.952 bits per heavy atom. The van der Waals surface area contributed by atoms with Crippen LogP contribution in [-0.2, 0) is 19.2 Å². The molecule has 2 atom stereocenters. The third-order valence-electron chi connectivity index (χ3n) is 4.09. The Bertz CT molecular complexity index is 412. The molecule has 0 aliphatic rings. The number of Topliss-reactive ketones (excluding diaryl/α,β-unsaturated/α-hetero) is 2. The molecule has 21 heavy (non-hydrogen) atoms. The molecule has 0 aromatic carbocycles. The third-order valence-corrected chi connectivity index (χ3v) is 4.09. The molecule has 0 heterocycles. The van der Waals surface area contributed by atoms with E-state index >= 15 is 0 Å². The number of hydrogen-bond donors (Lipinski definition) is 2. The summed E-state index contributed by atoms with van der Waals surface area (Å²) < 4.78 is 0. The zero-order valence-corrected chi connectivity index (χ0v) is 13.0. The first kappa shape index (κ1) is 19.3. The minimum Gasteiger partial charge on any atom is -0.480 e. The Balaban J connectivity index is 4.45. The van der Waals surface area contributed by atoms with Gasteiger partial charge in [-0.15, -0.1) is 0 Å². The lowest BCUT2D eigenvalue weighted by Crippen LogP contribution is -2.37. The van der Waals surface area contributed by atoms with E-state index in [1.165, 1.54) is 6.92 Å². The fraction of sp³-hybridized carbons (Fsp3) is 0.733. The smallest absolute Gasteiger partial charge is 0.320 e. The largest absolute Gasteiger partial charge is 0.480 e. The van der Waals surface area contributed by atoms with E-state index in [2.05, 4.69) is 0 Å². The summed E-state index contributed by atoms with van der Waals surface area (Å²) >= 11 is 0. The van der Waals surface area contributed by atoms with Gasteiger partial charge in [-0.1, -0.05) is 13.8 Å². The number of rotatable bonds is 10. The van der Waals surface area contributed by atoms with Gasteiger partial charge >= 0.3 is 11.9 Å². The van der Waals surface area contributed by atoms with Gasteiger partial charge < -0.3 is 10.2 Å². The topological polar surface area (TPSA) is 109 Å². The van der Waals surface area contributed by atoms with E-state index in [-0.39, 0.29) is 36.7 Å². The lowest BCUT2D eigenvalue weighted by atomic mass is 9.81. The molecule has 120 valence electrons. The van der Waals surface area contributed by atoms with Crippen LogP contribution in [0.5, 0.6) is 0 Å². The first-order valence-electron chi connectivity index (χ1n) is 7.02. The van der Waals surface area contributed by atoms with Crippen LogP contribution < -0.4 is 0 Å². The minimum atomic E-state index is -1.87. The van der Waals surface area contributed by atoms with Crippen LogP contribution in [0.3, 0.4) is 0 Å². The molecule has 0 fully saturated rings. The fourth-order valence-electron chi connectivity index (χ4n) is 1.78. The minimum absolute atomic E-state index is 0.0276. The Morgan fingerprint density at radius 3 is 1.81 bits per heavy atom. The summed E-state index contributed by atoms with van der Waals surface area (Å²) in [5, 5.41) is 18.0. The molecule has 6 nitrogen and oxygen atoms in total. The van der Waals surface area contributed by atoms with Gasteiger partial charge in [0.05, 0.1) is 0 Å². The van der Waals surface area contributed by atoms with Gasteiger partial charge in [0.2, 0.25) is 0 Å². The van der Waals surface area contributed by atoms with E-state index in [1.54, 1.807) is 13.8 Å². The first-order valence-corrected chi connectivity index (χ1v) is 7.02. The van der Waals surface area contributed by atoms with Gasteiger partial charge in [-0.2, -0.15) is 0 Å². The molecule has 0 bridgehead atoms. The highest BCUT2D eigenvalue weighted by Crippen LogP contribution is 2.27. The number of carbonyl (C=O) groups is 4. The molecule has 0 saturated heterocycles. The summed E-state index contributed by atoms with van der Waals surface area (Å²) in [5.74, 6) is -3.44. The van der Waals surface area contributed by atoms with Crippen LogP contribution in [0.1, 0.15) is 53.4 Å². The van der Waals surface area contributed by atoms with Crippen molar-refractivity contribution < 1.29 is 29.4 Å². The van der Waals surface area contributed by atoms with Gasteiger partial charge in [0.1, 0.15) is 11.6 Å². The zero-order chi connectivity index (χ0) is 16.8. The average molecular weight is 300 g/mol. The van der Waals surface area contributed by atoms with Crippen LogP contribution in [0.2, 0.25) is 0 Å². The van der Waals surface area contributed by atoms with Crippen LogP contribution in [0, 0.1) is 17.3 Å². The maximum absolute atomic E-state index is 11.9. The van der Waals surface area contributed by atoms with Gasteiger partial charge in [-0.3, -0.25) is 19.2 Å². The average Bonchev–Trinajstić information content (AvgIpc) is 2.40. The SMILES string of the molecule is CC(=O)C(C)CCC(=O)C(C)CCC(C)(C(=O)O)C(=O)O. The quantitative estimate of drug-likeness (QED) is 0.598. The molecule has 0 rings (SSSR count). The van der Waals surface area contributed by atoms with Gasteiger partial charge in [0.15, 0.2) is 5.41 Å².